The Hall–Kier alpha value is -2.57. The van der Waals surface area contributed by atoms with E-state index >= 15 is 0 Å². The first-order valence-electron chi connectivity index (χ1n) is 6.29. The molecule has 1 unspecified atom stereocenters. The number of nitrogens with one attached hydrogen (secondary N) is 3. The van der Waals surface area contributed by atoms with Crippen LogP contribution in [0.15, 0.2) is 29.0 Å². The van der Waals surface area contributed by atoms with Gasteiger partial charge in [0, 0.05) is 5.56 Å². The summed E-state index contributed by atoms with van der Waals surface area (Å²) in [6.45, 7) is 3.56. The number of anilines is 1. The number of hydrogen-bond donors (Lipinski definition) is 3. The molecule has 106 valence electrons. The van der Waals surface area contributed by atoms with Crippen molar-refractivity contribution in [1.29, 1.82) is 0 Å². The van der Waals surface area contributed by atoms with Crippen molar-refractivity contribution in [3.63, 3.8) is 0 Å². The van der Waals surface area contributed by atoms with E-state index in [-0.39, 0.29) is 11.7 Å². The lowest BCUT2D eigenvalue weighted by atomic mass is 10.2. The van der Waals surface area contributed by atoms with Crippen molar-refractivity contribution in [2.75, 3.05) is 5.32 Å². The number of furan rings is 1. The van der Waals surface area contributed by atoms with Crippen molar-refractivity contribution in [1.82, 2.24) is 15.5 Å². The van der Waals surface area contributed by atoms with Gasteiger partial charge >= 0.3 is 0 Å². The summed E-state index contributed by atoms with van der Waals surface area (Å²) in [4.78, 5) is 23.7. The summed E-state index contributed by atoms with van der Waals surface area (Å²) in [6, 6.07) is 2.45. The number of aryl methyl sites for hydroxylation is 1. The number of carbonyl (C=O) groups excluding carboxylic acids is 2. The maximum atomic E-state index is 12.0. The number of hydrogen-bond acceptors (Lipinski definition) is 4. The third-order valence-corrected chi connectivity index (χ3v) is 2.83. The molecule has 0 fully saturated rings. The van der Waals surface area contributed by atoms with Crippen molar-refractivity contribution in [2.24, 2.45) is 0 Å². The molecule has 2 heterocycles. The first-order chi connectivity index (χ1) is 9.61. The molecule has 2 aromatic rings. The van der Waals surface area contributed by atoms with Crippen molar-refractivity contribution in [2.45, 2.75) is 26.3 Å². The van der Waals surface area contributed by atoms with Gasteiger partial charge in [-0.05, 0) is 25.5 Å². The van der Waals surface area contributed by atoms with Gasteiger partial charge in [-0.1, -0.05) is 6.92 Å². The Morgan fingerprint density at radius 2 is 2.30 bits per heavy atom. The van der Waals surface area contributed by atoms with Crippen molar-refractivity contribution >= 4 is 17.6 Å². The number of rotatable bonds is 5. The highest BCUT2D eigenvalue weighted by Gasteiger charge is 2.19. The van der Waals surface area contributed by atoms with E-state index in [0.717, 1.165) is 12.0 Å². The van der Waals surface area contributed by atoms with E-state index in [1.807, 2.05) is 6.92 Å². The summed E-state index contributed by atoms with van der Waals surface area (Å²) in [5.41, 5.74) is 0.905. The largest absolute Gasteiger partial charge is 0.459 e. The monoisotopic (exact) mass is 276 g/mol. The van der Waals surface area contributed by atoms with E-state index in [1.54, 1.807) is 19.2 Å². The fourth-order valence-electron chi connectivity index (χ4n) is 1.66. The molecular formula is C13H16N4O3. The zero-order valence-corrected chi connectivity index (χ0v) is 11.3. The third-order valence-electron chi connectivity index (χ3n) is 2.83. The predicted octanol–water partition coefficient (Wildman–Crippen LogP) is 1.32. The van der Waals surface area contributed by atoms with E-state index in [9.17, 15) is 9.59 Å². The zero-order valence-electron chi connectivity index (χ0n) is 11.3. The van der Waals surface area contributed by atoms with Crippen LogP contribution in [0, 0.1) is 0 Å². The number of carbonyl (C=O) groups is 2. The number of nitrogens with zero attached hydrogens (tertiary/aromatic N) is 1. The first-order valence-corrected chi connectivity index (χ1v) is 6.29. The molecule has 0 bridgehead atoms. The molecule has 0 aliphatic heterocycles. The van der Waals surface area contributed by atoms with Crippen LogP contribution < -0.4 is 10.6 Å². The summed E-state index contributed by atoms with van der Waals surface area (Å²) in [7, 11) is 0. The van der Waals surface area contributed by atoms with Crippen LogP contribution in [0.1, 0.15) is 30.0 Å². The second kappa shape index (κ2) is 6.05. The van der Waals surface area contributed by atoms with E-state index in [4.69, 9.17) is 4.42 Å². The molecule has 0 aromatic carbocycles. The van der Waals surface area contributed by atoms with Crippen LogP contribution in [0.2, 0.25) is 0 Å². The Morgan fingerprint density at radius 3 is 2.95 bits per heavy atom. The molecule has 0 radical (unpaired) electrons. The number of H-pyrrole nitrogens is 1. The topological polar surface area (TPSA) is 100 Å². The van der Waals surface area contributed by atoms with Crippen molar-refractivity contribution < 1.29 is 14.0 Å². The third kappa shape index (κ3) is 3.05. The molecule has 2 rings (SSSR count). The molecule has 2 aromatic heterocycles. The van der Waals surface area contributed by atoms with Gasteiger partial charge in [0.15, 0.2) is 5.76 Å². The predicted molar refractivity (Wildman–Crippen MR) is 72.2 cm³/mol. The van der Waals surface area contributed by atoms with Crippen molar-refractivity contribution in [3.8, 4) is 0 Å². The van der Waals surface area contributed by atoms with Gasteiger partial charge < -0.3 is 15.1 Å². The van der Waals surface area contributed by atoms with Gasteiger partial charge in [-0.2, -0.15) is 5.10 Å². The van der Waals surface area contributed by atoms with Crippen LogP contribution in [-0.2, 0) is 11.2 Å². The van der Waals surface area contributed by atoms with Gasteiger partial charge in [-0.25, -0.2) is 0 Å². The quantitative estimate of drug-likeness (QED) is 0.766. The lowest BCUT2D eigenvalue weighted by molar-refractivity contribution is -0.117. The molecule has 0 aliphatic carbocycles. The minimum absolute atomic E-state index is 0.167. The lowest BCUT2D eigenvalue weighted by Gasteiger charge is -2.13. The zero-order chi connectivity index (χ0) is 14.5. The van der Waals surface area contributed by atoms with Crippen LogP contribution in [0.25, 0.3) is 0 Å². The van der Waals surface area contributed by atoms with Crippen LogP contribution in [0.3, 0.4) is 0 Å². The van der Waals surface area contributed by atoms with Gasteiger partial charge in [0.05, 0.1) is 12.5 Å². The molecule has 3 N–H and O–H groups in total. The normalized spacial score (nSPS) is 11.9. The van der Waals surface area contributed by atoms with Crippen LogP contribution in [0.5, 0.6) is 0 Å². The van der Waals surface area contributed by atoms with Crippen LogP contribution in [0.4, 0.5) is 5.82 Å². The molecule has 0 aliphatic rings. The number of aromatic amines is 1. The summed E-state index contributed by atoms with van der Waals surface area (Å²) < 4.78 is 4.96. The molecule has 0 spiro atoms. The van der Waals surface area contributed by atoms with Gasteiger partial charge in [0.25, 0.3) is 5.91 Å². The Kier molecular flexibility index (Phi) is 4.19. The Labute approximate surface area is 115 Å². The SMILES string of the molecule is CCc1cn[nH]c1NC(=O)C(C)NC(=O)c1ccco1. The first kappa shape index (κ1) is 13.9. The average molecular weight is 276 g/mol. The maximum Gasteiger partial charge on any atom is 0.287 e. The summed E-state index contributed by atoms with van der Waals surface area (Å²) >= 11 is 0. The molecule has 7 nitrogen and oxygen atoms in total. The molecule has 0 saturated heterocycles. The van der Waals surface area contributed by atoms with Gasteiger partial charge in [0.2, 0.25) is 5.91 Å². The smallest absolute Gasteiger partial charge is 0.287 e. The Balaban J connectivity index is 1.94. The van der Waals surface area contributed by atoms with Gasteiger partial charge in [-0.15, -0.1) is 0 Å². The molecule has 2 amide bonds. The van der Waals surface area contributed by atoms with Crippen LogP contribution >= 0.6 is 0 Å². The standard InChI is InChI=1S/C13H16N4O3/c1-3-9-7-14-17-11(9)16-12(18)8(2)15-13(19)10-5-4-6-20-10/h4-8H,3H2,1-2H3,(H,15,19)(H2,14,16,17,18). The molecular weight excluding hydrogens is 260 g/mol. The second-order valence-corrected chi connectivity index (χ2v) is 4.29. The van der Waals surface area contributed by atoms with E-state index < -0.39 is 11.9 Å². The fourth-order valence-corrected chi connectivity index (χ4v) is 1.66. The van der Waals surface area contributed by atoms with Gasteiger partial charge in [0.1, 0.15) is 11.9 Å². The highest BCUT2D eigenvalue weighted by atomic mass is 16.3. The summed E-state index contributed by atoms with van der Waals surface area (Å²) in [5.74, 6) is -0.0427. The van der Waals surface area contributed by atoms with E-state index in [0.29, 0.717) is 5.82 Å². The summed E-state index contributed by atoms with van der Waals surface area (Å²) in [6.07, 6.45) is 3.80. The summed E-state index contributed by atoms with van der Waals surface area (Å²) in [5, 5.41) is 11.8. The van der Waals surface area contributed by atoms with Gasteiger partial charge in [-0.3, -0.25) is 14.7 Å². The Morgan fingerprint density at radius 1 is 1.50 bits per heavy atom. The molecule has 1 atom stereocenters. The minimum Gasteiger partial charge on any atom is -0.459 e. The van der Waals surface area contributed by atoms with Crippen LogP contribution in [-0.4, -0.2) is 28.1 Å². The lowest BCUT2D eigenvalue weighted by Crippen LogP contribution is -2.41. The van der Waals surface area contributed by atoms with E-state index in [2.05, 4.69) is 20.8 Å². The maximum absolute atomic E-state index is 12.0. The molecule has 0 saturated carbocycles. The Bertz CT molecular complexity index is 589. The number of amides is 2. The fraction of sp³-hybridized carbons (Fsp3) is 0.308. The highest BCUT2D eigenvalue weighted by molar-refractivity contribution is 5.99. The molecule has 20 heavy (non-hydrogen) atoms. The molecule has 7 heteroatoms. The number of aromatic nitrogens is 2. The second-order valence-electron chi connectivity index (χ2n) is 4.29. The van der Waals surface area contributed by atoms with E-state index in [1.165, 1.54) is 12.3 Å². The van der Waals surface area contributed by atoms with Crippen molar-refractivity contribution in [3.05, 3.63) is 35.9 Å². The minimum atomic E-state index is -0.694. The highest BCUT2D eigenvalue weighted by Crippen LogP contribution is 2.11. The average Bonchev–Trinajstić information content (AvgIpc) is 3.09.